The van der Waals surface area contributed by atoms with Crippen LogP contribution in [0, 0.1) is 13.8 Å². The smallest absolute Gasteiger partial charge is 0.233 e. The van der Waals surface area contributed by atoms with Crippen molar-refractivity contribution in [3.8, 4) is 0 Å². The van der Waals surface area contributed by atoms with E-state index in [9.17, 15) is 13.2 Å². The first-order valence-corrected chi connectivity index (χ1v) is 12.0. The number of amides is 1. The third-order valence-corrected chi connectivity index (χ3v) is 7.99. The summed E-state index contributed by atoms with van der Waals surface area (Å²) < 4.78 is 29.5. The third-order valence-electron chi connectivity index (χ3n) is 5.08. The molecule has 2 heterocycles. The largest absolute Gasteiger partial charge is 0.376 e. The average Bonchev–Trinajstić information content (AvgIpc) is 3.20. The normalized spacial score (nSPS) is 24.7. The number of benzene rings is 1. The van der Waals surface area contributed by atoms with Gasteiger partial charge in [0.1, 0.15) is 0 Å². The summed E-state index contributed by atoms with van der Waals surface area (Å²) in [6, 6.07) is 6.00. The van der Waals surface area contributed by atoms with E-state index in [1.54, 1.807) is 4.90 Å². The van der Waals surface area contributed by atoms with Gasteiger partial charge in [-0.15, -0.1) is 11.8 Å². The fourth-order valence-electron chi connectivity index (χ4n) is 3.67. The van der Waals surface area contributed by atoms with E-state index in [4.69, 9.17) is 4.74 Å². The molecule has 0 spiro atoms. The van der Waals surface area contributed by atoms with E-state index in [0.717, 1.165) is 29.9 Å². The van der Waals surface area contributed by atoms with Crippen LogP contribution in [0.15, 0.2) is 23.1 Å². The van der Waals surface area contributed by atoms with E-state index in [0.29, 0.717) is 18.7 Å². The van der Waals surface area contributed by atoms with Gasteiger partial charge >= 0.3 is 0 Å². The quantitative estimate of drug-likeness (QED) is 0.691. The van der Waals surface area contributed by atoms with Gasteiger partial charge in [-0.1, -0.05) is 17.7 Å². The zero-order valence-electron chi connectivity index (χ0n) is 15.4. The van der Waals surface area contributed by atoms with Crippen molar-refractivity contribution in [1.82, 2.24) is 4.90 Å². The molecule has 3 rings (SSSR count). The van der Waals surface area contributed by atoms with Crippen LogP contribution in [0.2, 0.25) is 0 Å². The highest BCUT2D eigenvalue weighted by Gasteiger charge is 2.36. The first-order chi connectivity index (χ1) is 12.3. The first-order valence-electron chi connectivity index (χ1n) is 9.15. The first kappa shape index (κ1) is 19.7. The maximum Gasteiger partial charge on any atom is 0.233 e. The molecular weight excluding hydrogens is 370 g/mol. The summed E-state index contributed by atoms with van der Waals surface area (Å²) in [4.78, 5) is 15.8. The van der Waals surface area contributed by atoms with Gasteiger partial charge in [0.2, 0.25) is 5.91 Å². The summed E-state index contributed by atoms with van der Waals surface area (Å²) >= 11 is 1.53. The molecule has 1 aromatic carbocycles. The number of nitrogens with zero attached hydrogens (tertiary/aromatic N) is 1. The summed E-state index contributed by atoms with van der Waals surface area (Å²) in [5.41, 5.74) is 2.37. The Kier molecular flexibility index (Phi) is 6.30. The summed E-state index contributed by atoms with van der Waals surface area (Å²) in [5.74, 6) is 0.594. The maximum atomic E-state index is 12.9. The van der Waals surface area contributed by atoms with Crippen LogP contribution in [-0.4, -0.2) is 61.8 Å². The Morgan fingerprint density at radius 3 is 2.73 bits per heavy atom. The molecule has 26 heavy (non-hydrogen) atoms. The van der Waals surface area contributed by atoms with Gasteiger partial charge in [0, 0.05) is 24.1 Å². The van der Waals surface area contributed by atoms with E-state index < -0.39 is 9.84 Å². The Hall–Kier alpha value is -1.05. The topological polar surface area (TPSA) is 63.7 Å². The minimum Gasteiger partial charge on any atom is -0.376 e. The van der Waals surface area contributed by atoms with Crippen molar-refractivity contribution >= 4 is 27.5 Å². The van der Waals surface area contributed by atoms with Gasteiger partial charge < -0.3 is 9.64 Å². The predicted octanol–water partition coefficient (Wildman–Crippen LogP) is 2.59. The molecule has 144 valence electrons. The fourth-order valence-corrected chi connectivity index (χ4v) is 6.29. The number of rotatable bonds is 6. The standard InChI is InChI=1S/C19H27NO4S2/c1-14-5-6-18(15(2)10-14)25-12-19(21)20(11-17-4-3-8-24-17)16-7-9-26(22,23)13-16/h5-6,10,16-17H,3-4,7-9,11-13H2,1-2H3/t16-,17-/m1/s1. The van der Waals surface area contributed by atoms with Gasteiger partial charge in [0.05, 0.1) is 23.4 Å². The second kappa shape index (κ2) is 8.31. The fraction of sp³-hybridized carbons (Fsp3) is 0.632. The minimum atomic E-state index is -3.03. The maximum absolute atomic E-state index is 12.9. The number of hydrogen-bond acceptors (Lipinski definition) is 5. The molecule has 0 aromatic heterocycles. The molecule has 2 aliphatic heterocycles. The molecule has 5 nitrogen and oxygen atoms in total. The SMILES string of the molecule is Cc1ccc(SCC(=O)N(C[C@H]2CCCO2)[C@@H]2CCS(=O)(=O)C2)c(C)c1. The van der Waals surface area contributed by atoms with Gasteiger partial charge in [0.15, 0.2) is 9.84 Å². The predicted molar refractivity (Wildman–Crippen MR) is 104 cm³/mol. The third kappa shape index (κ3) is 5.02. The van der Waals surface area contributed by atoms with Crippen molar-refractivity contribution in [2.45, 2.75) is 50.2 Å². The lowest BCUT2D eigenvalue weighted by atomic mass is 10.1. The van der Waals surface area contributed by atoms with Crippen LogP contribution in [0.3, 0.4) is 0 Å². The van der Waals surface area contributed by atoms with Gasteiger partial charge in [-0.2, -0.15) is 0 Å². The Morgan fingerprint density at radius 2 is 2.12 bits per heavy atom. The van der Waals surface area contributed by atoms with E-state index in [-0.39, 0.29) is 29.6 Å². The molecule has 0 saturated carbocycles. The number of sulfone groups is 1. The van der Waals surface area contributed by atoms with Gasteiger partial charge in [-0.25, -0.2) is 8.42 Å². The lowest BCUT2D eigenvalue weighted by molar-refractivity contribution is -0.131. The number of hydrogen-bond donors (Lipinski definition) is 0. The minimum absolute atomic E-state index is 0.00701. The van der Waals surface area contributed by atoms with Crippen LogP contribution in [0.5, 0.6) is 0 Å². The summed E-state index contributed by atoms with van der Waals surface area (Å²) in [6.07, 6.45) is 2.52. The van der Waals surface area contributed by atoms with Crippen molar-refractivity contribution in [3.63, 3.8) is 0 Å². The molecule has 0 bridgehead atoms. The van der Waals surface area contributed by atoms with Gasteiger partial charge in [-0.05, 0) is 44.7 Å². The van der Waals surface area contributed by atoms with Gasteiger partial charge in [0.25, 0.3) is 0 Å². The monoisotopic (exact) mass is 397 g/mol. The van der Waals surface area contributed by atoms with Crippen molar-refractivity contribution in [3.05, 3.63) is 29.3 Å². The van der Waals surface area contributed by atoms with E-state index in [1.165, 1.54) is 17.3 Å². The summed E-state index contributed by atoms with van der Waals surface area (Å²) in [7, 11) is -3.03. The van der Waals surface area contributed by atoms with Crippen molar-refractivity contribution < 1.29 is 17.9 Å². The Balaban J connectivity index is 1.67. The molecule has 2 saturated heterocycles. The van der Waals surface area contributed by atoms with Crippen LogP contribution in [0.1, 0.15) is 30.4 Å². The zero-order chi connectivity index (χ0) is 18.7. The molecule has 0 aliphatic carbocycles. The van der Waals surface area contributed by atoms with Crippen LogP contribution in [0.4, 0.5) is 0 Å². The van der Waals surface area contributed by atoms with Crippen LogP contribution < -0.4 is 0 Å². The van der Waals surface area contributed by atoms with E-state index >= 15 is 0 Å². The Bertz CT molecular complexity index is 757. The molecular formula is C19H27NO4S2. The van der Waals surface area contributed by atoms with Crippen molar-refractivity contribution in [2.24, 2.45) is 0 Å². The number of carbonyl (C=O) groups is 1. The van der Waals surface area contributed by atoms with Crippen LogP contribution in [0.25, 0.3) is 0 Å². The second-order valence-electron chi connectivity index (χ2n) is 7.30. The molecule has 2 fully saturated rings. The molecule has 0 radical (unpaired) electrons. The van der Waals surface area contributed by atoms with Gasteiger partial charge in [-0.3, -0.25) is 4.79 Å². The van der Waals surface area contributed by atoms with E-state index in [2.05, 4.69) is 13.0 Å². The highest BCUT2D eigenvalue weighted by molar-refractivity contribution is 8.00. The number of thioether (sulfide) groups is 1. The van der Waals surface area contributed by atoms with Crippen molar-refractivity contribution in [2.75, 3.05) is 30.4 Å². The molecule has 7 heteroatoms. The van der Waals surface area contributed by atoms with Crippen LogP contribution >= 0.6 is 11.8 Å². The lowest BCUT2D eigenvalue weighted by Gasteiger charge is -2.30. The molecule has 1 amide bonds. The Labute approximate surface area is 160 Å². The number of carbonyl (C=O) groups excluding carboxylic acids is 1. The Morgan fingerprint density at radius 1 is 1.31 bits per heavy atom. The molecule has 1 aromatic rings. The molecule has 0 N–H and O–H groups in total. The zero-order valence-corrected chi connectivity index (χ0v) is 17.1. The van der Waals surface area contributed by atoms with Crippen molar-refractivity contribution in [1.29, 1.82) is 0 Å². The highest BCUT2D eigenvalue weighted by Crippen LogP contribution is 2.26. The molecule has 0 unspecified atom stereocenters. The summed E-state index contributed by atoms with van der Waals surface area (Å²) in [5, 5.41) is 0. The second-order valence-corrected chi connectivity index (χ2v) is 10.5. The van der Waals surface area contributed by atoms with E-state index in [1.807, 2.05) is 19.1 Å². The lowest BCUT2D eigenvalue weighted by Crippen LogP contribution is -2.46. The molecule has 2 atom stereocenters. The number of ether oxygens (including phenoxy) is 1. The average molecular weight is 398 g/mol. The highest BCUT2D eigenvalue weighted by atomic mass is 32.2. The number of aryl methyl sites for hydroxylation is 2. The molecule has 2 aliphatic rings. The van der Waals surface area contributed by atoms with Crippen LogP contribution in [-0.2, 0) is 19.4 Å². The summed E-state index contributed by atoms with van der Waals surface area (Å²) in [6.45, 7) is 5.34.